The number of piperidine rings is 1. The van der Waals surface area contributed by atoms with Gasteiger partial charge >= 0.3 is 5.69 Å². The second kappa shape index (κ2) is 6.63. The highest BCUT2D eigenvalue weighted by molar-refractivity contribution is 5.93. The molecule has 1 spiro atoms. The lowest BCUT2D eigenvalue weighted by Crippen LogP contribution is -2.61. The van der Waals surface area contributed by atoms with Crippen LogP contribution in [0, 0.1) is 5.41 Å². The maximum atomic E-state index is 12.9. The van der Waals surface area contributed by atoms with Crippen molar-refractivity contribution in [3.05, 3.63) is 32.6 Å². The number of carbonyl (C=O) groups excluding carboxylic acids is 2. The van der Waals surface area contributed by atoms with E-state index in [9.17, 15) is 19.2 Å². The van der Waals surface area contributed by atoms with Gasteiger partial charge in [0, 0.05) is 46.3 Å². The molecule has 1 aromatic rings. The quantitative estimate of drug-likeness (QED) is 0.640. The van der Waals surface area contributed by atoms with Gasteiger partial charge in [0.05, 0.1) is 0 Å². The van der Waals surface area contributed by atoms with Crippen LogP contribution in [0.2, 0.25) is 0 Å². The molecule has 27 heavy (non-hydrogen) atoms. The van der Waals surface area contributed by atoms with Gasteiger partial charge in [-0.15, -0.1) is 0 Å². The lowest BCUT2D eigenvalue weighted by molar-refractivity contribution is -0.128. The van der Waals surface area contributed by atoms with Gasteiger partial charge in [-0.2, -0.15) is 0 Å². The summed E-state index contributed by atoms with van der Waals surface area (Å²) in [4.78, 5) is 51.1. The van der Waals surface area contributed by atoms with Crippen LogP contribution in [0.3, 0.4) is 0 Å². The third-order valence-electron chi connectivity index (χ3n) is 5.72. The zero-order valence-electron chi connectivity index (χ0n) is 16.3. The van der Waals surface area contributed by atoms with E-state index in [-0.39, 0.29) is 22.9 Å². The molecule has 0 radical (unpaired) electrons. The molecule has 3 heterocycles. The predicted octanol–water partition coefficient (Wildman–Crippen LogP) is -1.20. The Morgan fingerprint density at radius 2 is 1.67 bits per heavy atom. The minimum absolute atomic E-state index is 0.0267. The number of aromatic nitrogens is 2. The molecule has 2 amide bonds. The van der Waals surface area contributed by atoms with Gasteiger partial charge in [-0.05, 0) is 18.3 Å². The molecule has 0 atom stereocenters. The van der Waals surface area contributed by atoms with E-state index in [1.807, 2.05) is 0 Å². The molecule has 2 aliphatic heterocycles. The van der Waals surface area contributed by atoms with Crippen molar-refractivity contribution in [3.63, 3.8) is 0 Å². The summed E-state index contributed by atoms with van der Waals surface area (Å²) in [6.45, 7) is 6.26. The molecule has 0 bridgehead atoms. The number of hydrogen-bond acceptors (Lipinski definition) is 5. The average Bonchev–Trinajstić information content (AvgIpc) is 2.75. The summed E-state index contributed by atoms with van der Waals surface area (Å²) < 4.78 is 2.15. The zero-order valence-corrected chi connectivity index (χ0v) is 16.3. The second-order valence-electron chi connectivity index (χ2n) is 8.34. The summed E-state index contributed by atoms with van der Waals surface area (Å²) in [6.07, 6.45) is 0.971. The van der Waals surface area contributed by atoms with Gasteiger partial charge in [0.1, 0.15) is 11.2 Å². The van der Waals surface area contributed by atoms with Crippen molar-refractivity contribution in [3.8, 4) is 0 Å². The van der Waals surface area contributed by atoms with Gasteiger partial charge in [0.15, 0.2) is 0 Å². The van der Waals surface area contributed by atoms with E-state index in [0.29, 0.717) is 39.0 Å². The molecular weight excluding hydrogens is 350 g/mol. The van der Waals surface area contributed by atoms with Crippen LogP contribution in [-0.4, -0.2) is 57.6 Å². The molecule has 9 nitrogen and oxygen atoms in total. The minimum atomic E-state index is -0.677. The highest BCUT2D eigenvalue weighted by atomic mass is 16.2. The molecule has 2 saturated heterocycles. The highest BCUT2D eigenvalue weighted by Crippen LogP contribution is 2.27. The molecule has 0 saturated carbocycles. The van der Waals surface area contributed by atoms with Crippen LogP contribution in [0.1, 0.15) is 37.2 Å². The van der Waals surface area contributed by atoms with Gasteiger partial charge in [0.2, 0.25) is 5.91 Å². The molecule has 148 valence electrons. The van der Waals surface area contributed by atoms with Crippen molar-refractivity contribution in [2.75, 3.05) is 26.2 Å². The number of likely N-dealkylation sites (tertiary alicyclic amines) is 1. The third kappa shape index (κ3) is 3.43. The Morgan fingerprint density at radius 1 is 1.04 bits per heavy atom. The molecule has 3 rings (SSSR count). The Bertz CT molecular complexity index is 890. The fraction of sp³-hybridized carbons (Fsp3) is 0.667. The third-order valence-corrected chi connectivity index (χ3v) is 5.72. The summed E-state index contributed by atoms with van der Waals surface area (Å²) in [6, 6.07) is 1.19. The van der Waals surface area contributed by atoms with Gasteiger partial charge in [-0.25, -0.2) is 4.79 Å². The normalized spacial score (nSPS) is 21.6. The van der Waals surface area contributed by atoms with Crippen molar-refractivity contribution in [2.45, 2.75) is 32.2 Å². The van der Waals surface area contributed by atoms with Crippen molar-refractivity contribution in [1.82, 2.24) is 24.7 Å². The van der Waals surface area contributed by atoms with Gasteiger partial charge in [-0.3, -0.25) is 23.5 Å². The van der Waals surface area contributed by atoms with Crippen LogP contribution in [0.25, 0.3) is 0 Å². The monoisotopic (exact) mass is 377 g/mol. The molecule has 1 aromatic heterocycles. The van der Waals surface area contributed by atoms with E-state index >= 15 is 0 Å². The van der Waals surface area contributed by atoms with Crippen molar-refractivity contribution in [2.24, 2.45) is 19.5 Å². The average molecular weight is 377 g/mol. The zero-order chi connectivity index (χ0) is 20.0. The fourth-order valence-corrected chi connectivity index (χ4v) is 3.64. The van der Waals surface area contributed by atoms with Crippen LogP contribution in [-0.2, 0) is 18.9 Å². The maximum absolute atomic E-state index is 12.9. The Balaban J connectivity index is 1.78. The topological polar surface area (TPSA) is 105 Å². The van der Waals surface area contributed by atoms with Crippen molar-refractivity contribution < 1.29 is 9.59 Å². The van der Waals surface area contributed by atoms with E-state index in [1.165, 1.54) is 24.7 Å². The van der Waals surface area contributed by atoms with Crippen LogP contribution >= 0.6 is 0 Å². The minimum Gasteiger partial charge on any atom is -0.354 e. The summed E-state index contributed by atoms with van der Waals surface area (Å²) in [5.41, 5.74) is -1.69. The van der Waals surface area contributed by atoms with E-state index < -0.39 is 16.8 Å². The summed E-state index contributed by atoms with van der Waals surface area (Å²) >= 11 is 0. The molecule has 2 fully saturated rings. The van der Waals surface area contributed by atoms with Crippen LogP contribution in [0.15, 0.2) is 15.7 Å². The van der Waals surface area contributed by atoms with Crippen LogP contribution in [0.5, 0.6) is 0 Å². The molecule has 0 aliphatic carbocycles. The van der Waals surface area contributed by atoms with Crippen molar-refractivity contribution in [1.29, 1.82) is 0 Å². The SMILES string of the molecule is Cn1c(C(=O)N2CCC3(CC2)NCC(C)(C)CNC3=O)cc(=O)n(C)c1=O. The number of amides is 2. The largest absolute Gasteiger partial charge is 0.354 e. The first-order valence-corrected chi connectivity index (χ1v) is 9.16. The van der Waals surface area contributed by atoms with Crippen molar-refractivity contribution >= 4 is 11.8 Å². The number of hydrogen-bond donors (Lipinski definition) is 2. The lowest BCUT2D eigenvalue weighted by atomic mass is 9.86. The molecule has 0 unspecified atom stereocenters. The summed E-state index contributed by atoms with van der Waals surface area (Å²) in [5, 5.41) is 6.42. The smallest absolute Gasteiger partial charge is 0.331 e. The number of carbonyl (C=O) groups is 2. The van der Waals surface area contributed by atoms with Gasteiger partial charge in [0.25, 0.3) is 11.5 Å². The van der Waals surface area contributed by atoms with E-state index in [1.54, 1.807) is 4.90 Å². The second-order valence-corrected chi connectivity index (χ2v) is 8.34. The summed E-state index contributed by atoms with van der Waals surface area (Å²) in [7, 11) is 2.85. The Labute approximate surface area is 157 Å². The Morgan fingerprint density at radius 3 is 2.30 bits per heavy atom. The molecule has 9 heteroatoms. The number of rotatable bonds is 1. The molecular formula is C18H27N5O4. The van der Waals surface area contributed by atoms with Gasteiger partial charge < -0.3 is 15.5 Å². The predicted molar refractivity (Wildman–Crippen MR) is 99.6 cm³/mol. The Kier molecular flexibility index (Phi) is 4.75. The molecule has 0 aromatic carbocycles. The van der Waals surface area contributed by atoms with E-state index in [2.05, 4.69) is 24.5 Å². The van der Waals surface area contributed by atoms with Gasteiger partial charge in [-0.1, -0.05) is 13.8 Å². The van der Waals surface area contributed by atoms with E-state index in [0.717, 1.165) is 4.57 Å². The molecule has 2 aliphatic rings. The summed E-state index contributed by atoms with van der Waals surface area (Å²) in [5.74, 6) is -0.391. The molecule has 2 N–H and O–H groups in total. The first-order valence-electron chi connectivity index (χ1n) is 9.16. The van der Waals surface area contributed by atoms with Crippen LogP contribution in [0.4, 0.5) is 0 Å². The number of nitrogens with zero attached hydrogens (tertiary/aromatic N) is 3. The Hall–Kier alpha value is -2.42. The number of nitrogens with one attached hydrogen (secondary N) is 2. The standard InChI is InChI=1S/C18H27N5O4/c1-17(2)10-19-15(26)18(20-11-17)5-7-23(8-6-18)14(25)12-9-13(24)22(4)16(27)21(12)3/h9,20H,5-8,10-11H2,1-4H3,(H,19,26). The highest BCUT2D eigenvalue weighted by Gasteiger charge is 2.45. The fourth-order valence-electron chi connectivity index (χ4n) is 3.64. The lowest BCUT2D eigenvalue weighted by Gasteiger charge is -2.40. The van der Waals surface area contributed by atoms with E-state index in [4.69, 9.17) is 0 Å². The first-order chi connectivity index (χ1) is 12.6. The maximum Gasteiger partial charge on any atom is 0.331 e. The first kappa shape index (κ1) is 19.3. The van der Waals surface area contributed by atoms with Crippen LogP contribution < -0.4 is 21.9 Å².